The summed E-state index contributed by atoms with van der Waals surface area (Å²) in [5, 5.41) is 0.487. The molecule has 0 aromatic carbocycles. The fraction of sp³-hybridized carbons (Fsp3) is 0.600. The molecule has 8 nitrogen and oxygen atoms in total. The number of pyridine rings is 1. The van der Waals surface area contributed by atoms with Gasteiger partial charge in [0.1, 0.15) is 5.60 Å². The molecular weight excluding hydrogens is 360 g/mol. The van der Waals surface area contributed by atoms with Crippen LogP contribution >= 0.6 is 0 Å². The normalized spacial score (nSPS) is 17.1. The van der Waals surface area contributed by atoms with E-state index in [2.05, 4.69) is 4.98 Å². The third-order valence-electron chi connectivity index (χ3n) is 5.43. The summed E-state index contributed by atoms with van der Waals surface area (Å²) in [5.74, 6) is 0.914. The van der Waals surface area contributed by atoms with Crippen molar-refractivity contribution < 1.29 is 9.53 Å². The Morgan fingerprint density at radius 2 is 1.79 bits per heavy atom. The van der Waals surface area contributed by atoms with E-state index in [0.717, 1.165) is 25.7 Å². The van der Waals surface area contributed by atoms with Crippen molar-refractivity contribution in [1.82, 2.24) is 14.1 Å². The van der Waals surface area contributed by atoms with Crippen LogP contribution in [0.3, 0.4) is 0 Å². The summed E-state index contributed by atoms with van der Waals surface area (Å²) in [7, 11) is 0. The molecule has 4 rings (SSSR count). The molecule has 2 aliphatic carbocycles. The Morgan fingerprint density at radius 3 is 2.36 bits per heavy atom. The second-order valence-corrected chi connectivity index (χ2v) is 8.75. The van der Waals surface area contributed by atoms with Crippen LogP contribution in [0.5, 0.6) is 0 Å². The van der Waals surface area contributed by atoms with Crippen molar-refractivity contribution in [3.05, 3.63) is 38.8 Å². The monoisotopic (exact) mass is 386 g/mol. The van der Waals surface area contributed by atoms with Gasteiger partial charge in [-0.15, -0.1) is 0 Å². The molecule has 1 amide bonds. The molecule has 0 spiro atoms. The number of rotatable bonds is 7. The third kappa shape index (κ3) is 3.95. The molecule has 0 aliphatic heterocycles. The average Bonchev–Trinajstić information content (AvgIpc) is 3.49. The molecule has 2 heterocycles. The predicted octanol–water partition coefficient (Wildman–Crippen LogP) is 1.79. The Kier molecular flexibility index (Phi) is 4.51. The first kappa shape index (κ1) is 18.7. The lowest BCUT2D eigenvalue weighted by molar-refractivity contribution is 0.0454. The molecule has 8 heteroatoms. The minimum Gasteiger partial charge on any atom is -0.443 e. The molecule has 0 bridgehead atoms. The first-order valence-corrected chi connectivity index (χ1v) is 9.84. The van der Waals surface area contributed by atoms with Gasteiger partial charge in [-0.3, -0.25) is 18.9 Å². The van der Waals surface area contributed by atoms with Gasteiger partial charge in [-0.1, -0.05) is 0 Å². The molecule has 0 atom stereocenters. The van der Waals surface area contributed by atoms with Gasteiger partial charge in [0.05, 0.1) is 17.1 Å². The average molecular weight is 386 g/mol. The summed E-state index contributed by atoms with van der Waals surface area (Å²) in [6, 6.07) is 1.72. The van der Waals surface area contributed by atoms with E-state index < -0.39 is 11.7 Å². The van der Waals surface area contributed by atoms with Gasteiger partial charge >= 0.3 is 11.8 Å². The summed E-state index contributed by atoms with van der Waals surface area (Å²) in [6.07, 6.45) is 5.41. The maximum atomic E-state index is 13.1. The lowest BCUT2D eigenvalue weighted by Gasteiger charge is -2.23. The van der Waals surface area contributed by atoms with E-state index in [-0.39, 0.29) is 11.2 Å². The number of ether oxygens (including phenoxy) is 1. The van der Waals surface area contributed by atoms with Crippen molar-refractivity contribution >= 4 is 17.0 Å². The molecule has 150 valence electrons. The van der Waals surface area contributed by atoms with Gasteiger partial charge in [-0.05, 0) is 57.4 Å². The first-order valence-electron chi connectivity index (χ1n) is 9.84. The van der Waals surface area contributed by atoms with Crippen molar-refractivity contribution in [3.63, 3.8) is 0 Å². The van der Waals surface area contributed by atoms with E-state index in [1.165, 1.54) is 4.57 Å². The Morgan fingerprint density at radius 1 is 1.18 bits per heavy atom. The van der Waals surface area contributed by atoms with Crippen LogP contribution in [-0.4, -0.2) is 25.8 Å². The molecule has 2 aliphatic rings. The Balaban J connectivity index is 1.79. The summed E-state index contributed by atoms with van der Waals surface area (Å²) in [6.45, 7) is 4.58. The topological polar surface area (TPSA) is 109 Å². The Hall–Kier alpha value is -2.64. The number of primary amides is 1. The van der Waals surface area contributed by atoms with Crippen molar-refractivity contribution in [1.29, 1.82) is 0 Å². The molecular formula is C20H26N4O4. The zero-order valence-corrected chi connectivity index (χ0v) is 16.3. The number of hydrogen-bond donors (Lipinski definition) is 1. The number of carbonyl (C=O) groups excluding carboxylic acids is 1. The first-order chi connectivity index (χ1) is 13.2. The number of fused-ring (bicyclic) bond motifs is 1. The fourth-order valence-corrected chi connectivity index (χ4v) is 3.65. The summed E-state index contributed by atoms with van der Waals surface area (Å²) < 4.78 is 8.23. The van der Waals surface area contributed by atoms with Crippen molar-refractivity contribution in [2.24, 2.45) is 17.6 Å². The highest BCUT2D eigenvalue weighted by Gasteiger charge is 2.28. The van der Waals surface area contributed by atoms with Crippen LogP contribution in [0.2, 0.25) is 0 Å². The van der Waals surface area contributed by atoms with Crippen molar-refractivity contribution in [3.8, 4) is 0 Å². The second-order valence-electron chi connectivity index (χ2n) is 8.75. The van der Waals surface area contributed by atoms with Crippen LogP contribution in [-0.2, 0) is 24.2 Å². The van der Waals surface area contributed by atoms with Gasteiger partial charge in [0, 0.05) is 25.2 Å². The van der Waals surface area contributed by atoms with Crippen LogP contribution in [0, 0.1) is 11.8 Å². The number of amides is 1. The SMILES string of the molecule is CC(C)(Cc1cc2c(=O)n(CC3CC3)c(=O)n(CC3CC3)c2cn1)OC(N)=O. The minimum atomic E-state index is -0.851. The summed E-state index contributed by atoms with van der Waals surface area (Å²) in [5.41, 5.74) is 4.98. The zero-order chi connectivity index (χ0) is 20.1. The Bertz CT molecular complexity index is 1040. The number of nitrogens with zero attached hydrogens (tertiary/aromatic N) is 3. The molecule has 2 N–H and O–H groups in total. The lowest BCUT2D eigenvalue weighted by atomic mass is 10.0. The quantitative estimate of drug-likeness (QED) is 0.780. The van der Waals surface area contributed by atoms with Gasteiger partial charge in [-0.2, -0.15) is 0 Å². The number of carbonyl (C=O) groups is 1. The molecule has 2 aromatic rings. The van der Waals surface area contributed by atoms with Crippen LogP contribution < -0.4 is 17.0 Å². The molecule has 2 fully saturated rings. The molecule has 28 heavy (non-hydrogen) atoms. The standard InChI is InChI=1S/C20H26N4O4/c1-20(2,28-18(21)26)8-14-7-15-16(9-22-14)23(10-12-3-4-12)19(27)24(17(15)25)11-13-5-6-13/h7,9,12-13H,3-6,8,10-11H2,1-2H3,(H2,21,26). The van der Waals surface area contributed by atoms with Crippen LogP contribution in [0.15, 0.2) is 21.9 Å². The van der Waals surface area contributed by atoms with E-state index >= 15 is 0 Å². The highest BCUT2D eigenvalue weighted by molar-refractivity contribution is 5.77. The number of nitrogens with two attached hydrogens (primary N) is 1. The maximum absolute atomic E-state index is 13.1. The van der Waals surface area contributed by atoms with Crippen LogP contribution in [0.25, 0.3) is 10.9 Å². The van der Waals surface area contributed by atoms with Gasteiger partial charge in [0.15, 0.2) is 0 Å². The predicted molar refractivity (Wildman–Crippen MR) is 104 cm³/mol. The molecule has 0 saturated heterocycles. The summed E-state index contributed by atoms with van der Waals surface area (Å²) >= 11 is 0. The number of aromatic nitrogens is 3. The maximum Gasteiger partial charge on any atom is 0.405 e. The smallest absolute Gasteiger partial charge is 0.405 e. The van der Waals surface area contributed by atoms with Crippen molar-refractivity contribution in [2.75, 3.05) is 0 Å². The van der Waals surface area contributed by atoms with E-state index in [1.807, 2.05) is 0 Å². The highest BCUT2D eigenvalue weighted by Crippen LogP contribution is 2.32. The van der Waals surface area contributed by atoms with Crippen LogP contribution in [0.4, 0.5) is 4.79 Å². The number of hydrogen-bond acceptors (Lipinski definition) is 5. The Labute approximate surface area is 162 Å². The third-order valence-corrected chi connectivity index (χ3v) is 5.43. The fourth-order valence-electron chi connectivity index (χ4n) is 3.65. The van der Waals surface area contributed by atoms with E-state index in [4.69, 9.17) is 10.5 Å². The molecule has 2 aromatic heterocycles. The zero-order valence-electron chi connectivity index (χ0n) is 16.3. The molecule has 0 radical (unpaired) electrons. The largest absolute Gasteiger partial charge is 0.443 e. The van der Waals surface area contributed by atoms with Crippen LogP contribution in [0.1, 0.15) is 45.2 Å². The highest BCUT2D eigenvalue weighted by atomic mass is 16.6. The minimum absolute atomic E-state index is 0.233. The van der Waals surface area contributed by atoms with E-state index in [9.17, 15) is 14.4 Å². The van der Waals surface area contributed by atoms with Gasteiger partial charge in [0.2, 0.25) is 0 Å². The van der Waals surface area contributed by atoms with Crippen molar-refractivity contribution in [2.45, 2.75) is 64.6 Å². The second kappa shape index (κ2) is 6.76. The van der Waals surface area contributed by atoms with E-state index in [1.54, 1.807) is 30.7 Å². The van der Waals surface area contributed by atoms with E-state index in [0.29, 0.717) is 47.9 Å². The molecule has 0 unspecified atom stereocenters. The van der Waals surface area contributed by atoms with Gasteiger partial charge < -0.3 is 10.5 Å². The molecule has 2 saturated carbocycles. The van der Waals surface area contributed by atoms with Gasteiger partial charge in [0.25, 0.3) is 5.56 Å². The lowest BCUT2D eigenvalue weighted by Crippen LogP contribution is -2.41. The summed E-state index contributed by atoms with van der Waals surface area (Å²) in [4.78, 5) is 41.6. The van der Waals surface area contributed by atoms with Gasteiger partial charge in [-0.25, -0.2) is 9.59 Å².